The van der Waals surface area contributed by atoms with Gasteiger partial charge in [-0.25, -0.2) is 13.1 Å². The highest BCUT2D eigenvalue weighted by Gasteiger charge is 2.21. The number of nitrogens with one attached hydrogen (secondary N) is 1. The van der Waals surface area contributed by atoms with Crippen LogP contribution in [0.1, 0.15) is 32.1 Å². The Hall–Kier alpha value is -2.26. The van der Waals surface area contributed by atoms with Crippen molar-refractivity contribution in [2.24, 2.45) is 0 Å². The Labute approximate surface area is 177 Å². The molecule has 2 aromatic rings. The molecular formula is C20H22BrN3O4S. The summed E-state index contributed by atoms with van der Waals surface area (Å²) in [6, 6.07) is 8.38. The minimum Gasteiger partial charge on any atom is -0.354 e. The van der Waals surface area contributed by atoms with Crippen LogP contribution in [0.3, 0.4) is 0 Å². The first-order chi connectivity index (χ1) is 13.9. The molecule has 154 valence electrons. The van der Waals surface area contributed by atoms with E-state index in [2.05, 4.69) is 32.4 Å². The van der Waals surface area contributed by atoms with Gasteiger partial charge >= 0.3 is 0 Å². The van der Waals surface area contributed by atoms with Gasteiger partial charge in [-0.05, 0) is 62.4 Å². The van der Waals surface area contributed by atoms with Gasteiger partial charge in [0.05, 0.1) is 4.90 Å². The summed E-state index contributed by atoms with van der Waals surface area (Å²) in [6.07, 6.45) is 7.54. The van der Waals surface area contributed by atoms with E-state index in [0.29, 0.717) is 6.54 Å². The minimum absolute atomic E-state index is 0.0589. The molecule has 1 N–H and O–H groups in total. The number of sulfone groups is 1. The first kappa shape index (κ1) is 21.4. The fourth-order valence-corrected chi connectivity index (χ4v) is 4.56. The fraction of sp³-hybridized carbons (Fsp3) is 0.350. The molecule has 7 nitrogen and oxygen atoms in total. The number of benzene rings is 1. The van der Waals surface area contributed by atoms with E-state index >= 15 is 0 Å². The summed E-state index contributed by atoms with van der Waals surface area (Å²) in [5, 5.41) is 6.40. The van der Waals surface area contributed by atoms with E-state index in [4.69, 9.17) is 0 Å². The van der Waals surface area contributed by atoms with Crippen LogP contribution in [0.25, 0.3) is 0 Å². The van der Waals surface area contributed by atoms with Gasteiger partial charge < -0.3 is 5.32 Å². The van der Waals surface area contributed by atoms with E-state index < -0.39 is 15.4 Å². The molecule has 0 radical (unpaired) electrons. The summed E-state index contributed by atoms with van der Waals surface area (Å²) >= 11 is 3.26. The van der Waals surface area contributed by atoms with Crippen molar-refractivity contribution in [2.75, 3.05) is 6.54 Å². The van der Waals surface area contributed by atoms with E-state index in [1.807, 2.05) is 0 Å². The van der Waals surface area contributed by atoms with Gasteiger partial charge in [-0.15, -0.1) is 0 Å². The summed E-state index contributed by atoms with van der Waals surface area (Å²) in [7, 11) is -3.89. The van der Waals surface area contributed by atoms with Crippen LogP contribution in [0.5, 0.6) is 0 Å². The van der Waals surface area contributed by atoms with Crippen LogP contribution in [-0.4, -0.2) is 30.7 Å². The zero-order valence-corrected chi connectivity index (χ0v) is 18.2. The Balaban J connectivity index is 1.68. The first-order valence-corrected chi connectivity index (χ1v) is 11.7. The third-order valence-electron chi connectivity index (χ3n) is 4.69. The zero-order chi connectivity index (χ0) is 20.9. The SMILES string of the molecule is O=C(Cn1nc(S(=O)(=O)c2ccc(Br)cc2)ccc1=O)NCCC1=CCCCC1. The number of nitrogens with zero attached hydrogens (tertiary/aromatic N) is 2. The quantitative estimate of drug-likeness (QED) is 0.615. The Morgan fingerprint density at radius 1 is 1.14 bits per heavy atom. The average molecular weight is 480 g/mol. The van der Waals surface area contributed by atoms with E-state index in [-0.39, 0.29) is 22.4 Å². The lowest BCUT2D eigenvalue weighted by atomic mass is 9.97. The van der Waals surface area contributed by atoms with Gasteiger partial charge in [0.1, 0.15) is 6.54 Å². The van der Waals surface area contributed by atoms with Gasteiger partial charge in [0.2, 0.25) is 15.7 Å². The van der Waals surface area contributed by atoms with Crippen molar-refractivity contribution in [3.8, 4) is 0 Å². The highest BCUT2D eigenvalue weighted by atomic mass is 79.9. The molecule has 0 atom stereocenters. The van der Waals surface area contributed by atoms with Crippen molar-refractivity contribution < 1.29 is 13.2 Å². The Kier molecular flexibility index (Phi) is 7.02. The lowest BCUT2D eigenvalue weighted by molar-refractivity contribution is -0.121. The maximum absolute atomic E-state index is 12.7. The highest BCUT2D eigenvalue weighted by molar-refractivity contribution is 9.10. The molecule has 0 saturated carbocycles. The number of carbonyl (C=O) groups excluding carboxylic acids is 1. The largest absolute Gasteiger partial charge is 0.354 e. The van der Waals surface area contributed by atoms with Gasteiger partial charge in [0, 0.05) is 17.1 Å². The van der Waals surface area contributed by atoms with Crippen molar-refractivity contribution in [1.82, 2.24) is 15.1 Å². The van der Waals surface area contributed by atoms with Crippen LogP contribution in [-0.2, 0) is 21.2 Å². The number of amides is 1. The van der Waals surface area contributed by atoms with Crippen LogP contribution < -0.4 is 10.9 Å². The third-order valence-corrected chi connectivity index (χ3v) is 6.88. The van der Waals surface area contributed by atoms with Crippen molar-refractivity contribution in [2.45, 2.75) is 48.6 Å². The molecule has 0 unspecified atom stereocenters. The topological polar surface area (TPSA) is 98.1 Å². The lowest BCUT2D eigenvalue weighted by Gasteiger charge is -2.13. The average Bonchev–Trinajstić information content (AvgIpc) is 2.70. The second-order valence-electron chi connectivity index (χ2n) is 6.83. The number of hydrogen-bond donors (Lipinski definition) is 1. The standard InChI is InChI=1S/C20H22BrN3O4S/c21-16-6-8-17(9-7-16)29(27,28)19-10-11-20(26)24(23-19)14-18(25)22-13-12-15-4-2-1-3-5-15/h4,6-11H,1-3,5,12-14H2,(H,22,25). The Morgan fingerprint density at radius 2 is 1.90 bits per heavy atom. The molecule has 0 bridgehead atoms. The molecule has 29 heavy (non-hydrogen) atoms. The molecule has 0 aliphatic heterocycles. The molecule has 1 amide bonds. The molecule has 1 heterocycles. The van der Waals surface area contributed by atoms with E-state index in [1.165, 1.54) is 30.5 Å². The molecule has 0 saturated heterocycles. The van der Waals surface area contributed by atoms with E-state index in [0.717, 1.165) is 40.5 Å². The summed E-state index contributed by atoms with van der Waals surface area (Å²) in [6.45, 7) is 0.151. The van der Waals surface area contributed by atoms with Crippen LogP contribution in [0.2, 0.25) is 0 Å². The van der Waals surface area contributed by atoms with Crippen molar-refractivity contribution in [3.05, 3.63) is 62.9 Å². The van der Waals surface area contributed by atoms with Crippen LogP contribution >= 0.6 is 15.9 Å². The predicted molar refractivity (Wildman–Crippen MR) is 112 cm³/mol. The third kappa shape index (κ3) is 5.63. The summed E-state index contributed by atoms with van der Waals surface area (Å²) in [5.74, 6) is -0.380. The molecule has 9 heteroatoms. The smallest absolute Gasteiger partial charge is 0.267 e. The maximum Gasteiger partial charge on any atom is 0.267 e. The number of rotatable bonds is 7. The lowest BCUT2D eigenvalue weighted by Crippen LogP contribution is -2.34. The van der Waals surface area contributed by atoms with Gasteiger partial charge in [-0.3, -0.25) is 9.59 Å². The van der Waals surface area contributed by atoms with E-state index in [1.54, 1.807) is 12.1 Å². The summed E-state index contributed by atoms with van der Waals surface area (Å²) in [4.78, 5) is 24.3. The summed E-state index contributed by atoms with van der Waals surface area (Å²) in [5.41, 5.74) is 0.805. The number of allylic oxidation sites excluding steroid dienone is 1. The van der Waals surface area contributed by atoms with E-state index in [9.17, 15) is 18.0 Å². The molecular weight excluding hydrogens is 458 g/mol. The van der Waals surface area contributed by atoms with Gasteiger partial charge in [-0.1, -0.05) is 27.6 Å². The minimum atomic E-state index is -3.89. The number of hydrogen-bond acceptors (Lipinski definition) is 5. The van der Waals surface area contributed by atoms with Crippen LogP contribution in [0, 0.1) is 0 Å². The zero-order valence-electron chi connectivity index (χ0n) is 15.8. The monoisotopic (exact) mass is 479 g/mol. The molecule has 3 rings (SSSR count). The molecule has 0 spiro atoms. The number of aromatic nitrogens is 2. The second-order valence-corrected chi connectivity index (χ2v) is 9.65. The summed E-state index contributed by atoms with van der Waals surface area (Å²) < 4.78 is 27.1. The van der Waals surface area contributed by atoms with Crippen LogP contribution in [0.4, 0.5) is 0 Å². The predicted octanol–water partition coefficient (Wildman–Crippen LogP) is 2.85. The highest BCUT2D eigenvalue weighted by Crippen LogP contribution is 2.21. The molecule has 1 aliphatic carbocycles. The Bertz CT molecular complexity index is 1080. The van der Waals surface area contributed by atoms with Gasteiger partial charge in [0.15, 0.2) is 5.03 Å². The molecule has 1 aromatic carbocycles. The van der Waals surface area contributed by atoms with Gasteiger partial charge in [0.25, 0.3) is 5.56 Å². The van der Waals surface area contributed by atoms with Crippen molar-refractivity contribution in [1.29, 1.82) is 0 Å². The fourth-order valence-electron chi connectivity index (χ4n) is 3.11. The molecule has 1 aromatic heterocycles. The first-order valence-electron chi connectivity index (χ1n) is 9.40. The van der Waals surface area contributed by atoms with Gasteiger partial charge in [-0.2, -0.15) is 5.10 Å². The maximum atomic E-state index is 12.7. The molecule has 1 aliphatic rings. The van der Waals surface area contributed by atoms with Crippen LogP contribution in [0.15, 0.2) is 67.2 Å². The normalized spacial score (nSPS) is 14.3. The van der Waals surface area contributed by atoms with Crippen molar-refractivity contribution in [3.63, 3.8) is 0 Å². The second kappa shape index (κ2) is 9.49. The van der Waals surface area contributed by atoms with Crippen molar-refractivity contribution >= 4 is 31.7 Å². The Morgan fingerprint density at radius 3 is 2.59 bits per heavy atom. The molecule has 0 fully saturated rings. The number of carbonyl (C=O) groups is 1. The number of halogens is 1.